The number of rotatable bonds is 6. The molecule has 5 nitrogen and oxygen atoms in total. The maximum absolute atomic E-state index is 5.28. The molecule has 1 aromatic heterocycles. The molecule has 1 N–H and O–H groups in total. The number of aromatic nitrogens is 1. The van der Waals surface area contributed by atoms with Crippen LogP contribution in [0.15, 0.2) is 54.6 Å². The minimum atomic E-state index is 0.857. The van der Waals surface area contributed by atoms with Gasteiger partial charge in [-0.3, -0.25) is 4.90 Å². The Balaban J connectivity index is 1.54. The van der Waals surface area contributed by atoms with Crippen LogP contribution in [-0.4, -0.2) is 68.2 Å². The van der Waals surface area contributed by atoms with Gasteiger partial charge in [0, 0.05) is 55.9 Å². The number of hydrogen-bond acceptors (Lipinski definition) is 5. The predicted molar refractivity (Wildman–Crippen MR) is 116 cm³/mol. The Labute approximate surface area is 166 Å². The molecular formula is C23H28N4O. The van der Waals surface area contributed by atoms with Crippen molar-refractivity contribution in [2.45, 2.75) is 0 Å². The summed E-state index contributed by atoms with van der Waals surface area (Å²) >= 11 is 0. The van der Waals surface area contributed by atoms with Crippen molar-refractivity contribution in [1.82, 2.24) is 14.8 Å². The van der Waals surface area contributed by atoms with Crippen LogP contribution >= 0.6 is 0 Å². The fourth-order valence-electron chi connectivity index (χ4n) is 3.65. The van der Waals surface area contributed by atoms with Crippen molar-refractivity contribution in [3.05, 3.63) is 54.6 Å². The van der Waals surface area contributed by atoms with Crippen LogP contribution in [0.2, 0.25) is 0 Å². The molecule has 4 rings (SSSR count). The number of benzene rings is 2. The Morgan fingerprint density at radius 1 is 1.00 bits per heavy atom. The molecule has 1 aliphatic heterocycles. The van der Waals surface area contributed by atoms with Gasteiger partial charge < -0.3 is 15.0 Å². The molecule has 0 atom stereocenters. The fraction of sp³-hybridized carbons (Fsp3) is 0.348. The van der Waals surface area contributed by atoms with Crippen LogP contribution in [0.1, 0.15) is 0 Å². The molecular weight excluding hydrogens is 348 g/mol. The maximum atomic E-state index is 5.28. The minimum Gasteiger partial charge on any atom is -0.497 e. The number of fused-ring (bicyclic) bond motifs is 1. The third-order valence-corrected chi connectivity index (χ3v) is 5.44. The highest BCUT2D eigenvalue weighted by molar-refractivity contribution is 5.93. The molecule has 0 spiro atoms. The number of ether oxygens (including phenoxy) is 1. The Hall–Kier alpha value is -2.63. The van der Waals surface area contributed by atoms with Crippen molar-refractivity contribution in [2.75, 3.05) is 58.7 Å². The van der Waals surface area contributed by atoms with E-state index in [1.165, 1.54) is 0 Å². The van der Waals surface area contributed by atoms with Crippen LogP contribution < -0.4 is 10.1 Å². The zero-order valence-corrected chi connectivity index (χ0v) is 16.7. The third-order valence-electron chi connectivity index (χ3n) is 5.44. The number of para-hydroxylation sites is 1. The van der Waals surface area contributed by atoms with Gasteiger partial charge in [-0.25, -0.2) is 4.98 Å². The Morgan fingerprint density at radius 2 is 1.75 bits per heavy atom. The molecule has 5 heteroatoms. The van der Waals surface area contributed by atoms with Gasteiger partial charge in [-0.15, -0.1) is 0 Å². The number of likely N-dealkylation sites (N-methyl/N-ethyl adjacent to an activating group) is 1. The Bertz CT molecular complexity index is 918. The van der Waals surface area contributed by atoms with Crippen molar-refractivity contribution < 1.29 is 4.74 Å². The van der Waals surface area contributed by atoms with Gasteiger partial charge in [0.05, 0.1) is 18.3 Å². The molecule has 0 saturated carbocycles. The number of methoxy groups -OCH3 is 1. The second kappa shape index (κ2) is 8.59. The number of piperazine rings is 1. The van der Waals surface area contributed by atoms with Crippen LogP contribution in [-0.2, 0) is 0 Å². The van der Waals surface area contributed by atoms with E-state index >= 15 is 0 Å². The predicted octanol–water partition coefficient (Wildman–Crippen LogP) is 3.57. The molecule has 1 fully saturated rings. The average molecular weight is 377 g/mol. The number of nitrogens with zero attached hydrogens (tertiary/aromatic N) is 3. The SMILES string of the molecule is COc1ccc(-c2cc(NCCN3CCN(C)CC3)c3ccccc3n2)cc1. The van der Waals surface area contributed by atoms with E-state index in [4.69, 9.17) is 9.72 Å². The first kappa shape index (κ1) is 18.7. The van der Waals surface area contributed by atoms with Gasteiger partial charge in [0.1, 0.15) is 5.75 Å². The molecule has 2 heterocycles. The summed E-state index contributed by atoms with van der Waals surface area (Å²) in [7, 11) is 3.88. The summed E-state index contributed by atoms with van der Waals surface area (Å²) in [6.45, 7) is 6.58. The third kappa shape index (κ3) is 4.26. The largest absolute Gasteiger partial charge is 0.497 e. The average Bonchev–Trinajstić information content (AvgIpc) is 2.75. The molecule has 0 unspecified atom stereocenters. The first-order valence-electron chi connectivity index (χ1n) is 9.92. The van der Waals surface area contributed by atoms with Crippen LogP contribution in [0.3, 0.4) is 0 Å². The summed E-state index contributed by atoms with van der Waals surface area (Å²) in [5, 5.41) is 4.82. The quantitative estimate of drug-likeness (QED) is 0.712. The normalized spacial score (nSPS) is 15.6. The Morgan fingerprint density at radius 3 is 2.50 bits per heavy atom. The highest BCUT2D eigenvalue weighted by atomic mass is 16.5. The maximum Gasteiger partial charge on any atom is 0.118 e. The lowest BCUT2D eigenvalue weighted by molar-refractivity contribution is 0.158. The van der Waals surface area contributed by atoms with E-state index in [0.29, 0.717) is 0 Å². The van der Waals surface area contributed by atoms with Gasteiger partial charge in [0.15, 0.2) is 0 Å². The van der Waals surface area contributed by atoms with E-state index in [9.17, 15) is 0 Å². The highest BCUT2D eigenvalue weighted by Gasteiger charge is 2.13. The molecule has 0 radical (unpaired) electrons. The summed E-state index contributed by atoms with van der Waals surface area (Å²) in [4.78, 5) is 9.79. The number of nitrogens with one attached hydrogen (secondary N) is 1. The summed E-state index contributed by atoms with van der Waals surface area (Å²) in [6.07, 6.45) is 0. The molecule has 1 saturated heterocycles. The molecule has 1 aliphatic rings. The smallest absolute Gasteiger partial charge is 0.118 e. The van der Waals surface area contributed by atoms with Gasteiger partial charge in [0.25, 0.3) is 0 Å². The lowest BCUT2D eigenvalue weighted by Crippen LogP contribution is -2.45. The van der Waals surface area contributed by atoms with Crippen LogP contribution in [0.25, 0.3) is 22.2 Å². The molecule has 0 aliphatic carbocycles. The van der Waals surface area contributed by atoms with E-state index in [1.54, 1.807) is 7.11 Å². The van der Waals surface area contributed by atoms with Gasteiger partial charge in [-0.1, -0.05) is 18.2 Å². The monoisotopic (exact) mass is 376 g/mol. The van der Waals surface area contributed by atoms with Gasteiger partial charge >= 0.3 is 0 Å². The van der Waals surface area contributed by atoms with Gasteiger partial charge in [-0.05, 0) is 43.4 Å². The number of hydrogen-bond donors (Lipinski definition) is 1. The summed E-state index contributed by atoms with van der Waals surface area (Å²) < 4.78 is 5.28. The van der Waals surface area contributed by atoms with Crippen LogP contribution in [0, 0.1) is 0 Å². The summed E-state index contributed by atoms with van der Waals surface area (Å²) in [6, 6.07) is 18.6. The second-order valence-corrected chi connectivity index (χ2v) is 7.37. The van der Waals surface area contributed by atoms with Crippen molar-refractivity contribution in [1.29, 1.82) is 0 Å². The minimum absolute atomic E-state index is 0.857. The first-order chi connectivity index (χ1) is 13.7. The summed E-state index contributed by atoms with van der Waals surface area (Å²) in [5.41, 5.74) is 4.22. The zero-order valence-electron chi connectivity index (χ0n) is 16.7. The van der Waals surface area contributed by atoms with Gasteiger partial charge in [-0.2, -0.15) is 0 Å². The molecule has 0 amide bonds. The molecule has 28 heavy (non-hydrogen) atoms. The van der Waals surface area contributed by atoms with Crippen molar-refractivity contribution in [3.63, 3.8) is 0 Å². The molecule has 146 valence electrons. The van der Waals surface area contributed by atoms with Crippen molar-refractivity contribution in [2.24, 2.45) is 0 Å². The lowest BCUT2D eigenvalue weighted by Gasteiger charge is -2.32. The van der Waals surface area contributed by atoms with Crippen molar-refractivity contribution >= 4 is 16.6 Å². The van der Waals surface area contributed by atoms with Crippen LogP contribution in [0.4, 0.5) is 5.69 Å². The number of anilines is 1. The van der Waals surface area contributed by atoms with E-state index in [0.717, 1.165) is 72.9 Å². The molecule has 2 aromatic carbocycles. The summed E-state index contributed by atoms with van der Waals surface area (Å²) in [5.74, 6) is 0.857. The Kier molecular flexibility index (Phi) is 5.74. The second-order valence-electron chi connectivity index (χ2n) is 7.37. The van der Waals surface area contributed by atoms with E-state index in [2.05, 4.69) is 58.6 Å². The molecule has 3 aromatic rings. The topological polar surface area (TPSA) is 40.6 Å². The van der Waals surface area contributed by atoms with E-state index < -0.39 is 0 Å². The zero-order chi connectivity index (χ0) is 19.3. The van der Waals surface area contributed by atoms with E-state index in [-0.39, 0.29) is 0 Å². The van der Waals surface area contributed by atoms with Crippen molar-refractivity contribution in [3.8, 4) is 17.0 Å². The van der Waals surface area contributed by atoms with Gasteiger partial charge in [0.2, 0.25) is 0 Å². The first-order valence-corrected chi connectivity index (χ1v) is 9.92. The van der Waals surface area contributed by atoms with Crippen LogP contribution in [0.5, 0.6) is 5.75 Å². The van der Waals surface area contributed by atoms with E-state index in [1.807, 2.05) is 18.2 Å². The standard InChI is InChI=1S/C23H28N4O/c1-26-13-15-27(16-14-26)12-11-24-23-17-22(18-7-9-19(28-2)10-8-18)25-21-6-4-3-5-20(21)23/h3-10,17H,11-16H2,1-2H3,(H,24,25). The molecule has 0 bridgehead atoms. The fourth-order valence-corrected chi connectivity index (χ4v) is 3.65. The lowest BCUT2D eigenvalue weighted by atomic mass is 10.1. The number of pyridine rings is 1. The highest BCUT2D eigenvalue weighted by Crippen LogP contribution is 2.29.